The zero-order valence-electron chi connectivity index (χ0n) is 21.8. The van der Waals surface area contributed by atoms with E-state index in [9.17, 15) is 18.1 Å². The molecule has 9 nitrogen and oxygen atoms in total. The van der Waals surface area contributed by atoms with E-state index in [4.69, 9.17) is 14.6 Å². The van der Waals surface area contributed by atoms with Gasteiger partial charge in [-0.3, -0.25) is 4.57 Å². The minimum Gasteiger partial charge on any atom is -0.598 e. The molecular weight excluding hydrogens is 567 g/mol. The number of aromatic nitrogens is 4. The van der Waals surface area contributed by atoms with Crippen molar-refractivity contribution in [2.75, 3.05) is 13.2 Å². The highest BCUT2D eigenvalue weighted by atomic mass is 32.2. The first-order valence-electron chi connectivity index (χ1n) is 12.2. The first kappa shape index (κ1) is 28.4. The summed E-state index contributed by atoms with van der Waals surface area (Å²) in [5.74, 6) is -2.43. The fourth-order valence-electron chi connectivity index (χ4n) is 4.52. The van der Waals surface area contributed by atoms with Crippen LogP contribution in [0.3, 0.4) is 0 Å². The second-order valence-corrected chi connectivity index (χ2v) is 12.9. The van der Waals surface area contributed by atoms with Gasteiger partial charge < -0.3 is 14.0 Å². The fraction of sp³-hybridized carbons (Fsp3) is 0.346. The Bertz CT molecular complexity index is 1590. The van der Waals surface area contributed by atoms with Crippen molar-refractivity contribution in [2.45, 2.75) is 43.9 Å². The molecule has 0 bridgehead atoms. The molecule has 2 aromatic carbocycles. The largest absolute Gasteiger partial charge is 0.598 e. The highest BCUT2D eigenvalue weighted by molar-refractivity contribution is 7.90. The van der Waals surface area contributed by atoms with Gasteiger partial charge in [0.1, 0.15) is 27.7 Å². The van der Waals surface area contributed by atoms with Crippen LogP contribution in [0.4, 0.5) is 13.2 Å². The number of ether oxygens (including phenoxy) is 2. The summed E-state index contributed by atoms with van der Waals surface area (Å²) >= 11 is -0.296. The lowest BCUT2D eigenvalue weighted by Gasteiger charge is -2.43. The lowest BCUT2D eigenvalue weighted by molar-refractivity contribution is -0.0681. The topological polar surface area (TPSA) is 120 Å². The van der Waals surface area contributed by atoms with Crippen molar-refractivity contribution < 1.29 is 27.2 Å². The maximum Gasteiger partial charge on any atom is 0.350 e. The Hall–Kier alpha value is -3.17. The molecule has 5 rings (SSSR count). The number of benzene rings is 2. The molecule has 1 saturated heterocycles. The van der Waals surface area contributed by atoms with Crippen molar-refractivity contribution in [2.24, 2.45) is 5.14 Å². The van der Waals surface area contributed by atoms with Gasteiger partial charge in [0, 0.05) is 29.4 Å². The Morgan fingerprint density at radius 3 is 2.50 bits per heavy atom. The summed E-state index contributed by atoms with van der Waals surface area (Å²) in [4.78, 5) is 17.5. The van der Waals surface area contributed by atoms with E-state index in [1.165, 1.54) is 29.5 Å². The van der Waals surface area contributed by atoms with Crippen LogP contribution in [0.5, 0.6) is 10.8 Å². The van der Waals surface area contributed by atoms with Crippen molar-refractivity contribution in [3.63, 3.8) is 0 Å². The minimum atomic E-state index is -1.55. The van der Waals surface area contributed by atoms with Gasteiger partial charge in [0.15, 0.2) is 11.6 Å². The van der Waals surface area contributed by atoms with E-state index in [1.807, 2.05) is 13.8 Å². The van der Waals surface area contributed by atoms with Crippen LogP contribution in [-0.2, 0) is 28.1 Å². The normalized spacial score (nSPS) is 15.6. The quantitative estimate of drug-likeness (QED) is 0.290. The second-order valence-electron chi connectivity index (χ2n) is 10.3. The summed E-state index contributed by atoms with van der Waals surface area (Å²) in [6, 6.07) is 7.30. The van der Waals surface area contributed by atoms with Gasteiger partial charge in [-0.15, -0.1) is 0 Å². The number of halogens is 3. The van der Waals surface area contributed by atoms with Crippen LogP contribution in [0.25, 0.3) is 5.69 Å². The Labute approximate surface area is 234 Å². The molecule has 14 heteroatoms. The van der Waals surface area contributed by atoms with Gasteiger partial charge in [0.25, 0.3) is 0 Å². The zero-order valence-corrected chi connectivity index (χ0v) is 23.5. The molecule has 0 aliphatic carbocycles. The summed E-state index contributed by atoms with van der Waals surface area (Å²) in [5, 5.41) is 10.8. The van der Waals surface area contributed by atoms with E-state index in [-0.39, 0.29) is 23.5 Å². The number of nitrogens with two attached hydrogens (primary N) is 1. The Morgan fingerprint density at radius 2 is 1.90 bits per heavy atom. The van der Waals surface area contributed by atoms with Crippen LogP contribution in [-0.4, -0.2) is 41.8 Å². The molecule has 0 radical (unpaired) electrons. The van der Waals surface area contributed by atoms with Crippen molar-refractivity contribution in [3.05, 3.63) is 86.9 Å². The van der Waals surface area contributed by atoms with Crippen LogP contribution in [0, 0.1) is 24.4 Å². The smallest absolute Gasteiger partial charge is 0.350 e. The maximum atomic E-state index is 15.1. The van der Waals surface area contributed by atoms with Crippen molar-refractivity contribution >= 4 is 22.7 Å². The summed E-state index contributed by atoms with van der Waals surface area (Å²) < 4.78 is 67.8. The Morgan fingerprint density at radius 1 is 1.20 bits per heavy atom. The van der Waals surface area contributed by atoms with E-state index in [1.54, 1.807) is 6.92 Å². The SMILES string of the molecule is Cc1nc(C2(CC(C)(C)[S+](N)[O-])COC2)sc1Oc1ccc(-n2ncn(Cc3c(F)cccc3F)c2=O)cc1F. The maximum absolute atomic E-state index is 15.1. The molecule has 1 aliphatic rings. The average Bonchev–Trinajstić information content (AvgIpc) is 3.42. The molecule has 3 heterocycles. The number of aryl methyl sites for hydroxylation is 1. The monoisotopic (exact) mass is 593 g/mol. The molecular formula is C26H26F3N5O4S2. The van der Waals surface area contributed by atoms with Gasteiger partial charge in [-0.05, 0) is 45.0 Å². The highest BCUT2D eigenvalue weighted by Gasteiger charge is 2.50. The van der Waals surface area contributed by atoms with Crippen molar-refractivity contribution in [1.29, 1.82) is 0 Å². The predicted molar refractivity (Wildman–Crippen MR) is 144 cm³/mol. The zero-order chi connectivity index (χ0) is 28.8. The summed E-state index contributed by atoms with van der Waals surface area (Å²) in [5.41, 5.74) is -0.797. The summed E-state index contributed by atoms with van der Waals surface area (Å²) in [6.07, 6.45) is 1.61. The number of rotatable bonds is 9. The summed E-state index contributed by atoms with van der Waals surface area (Å²) in [6.45, 7) is 5.81. The van der Waals surface area contributed by atoms with Crippen LogP contribution in [0.2, 0.25) is 0 Å². The first-order valence-corrected chi connectivity index (χ1v) is 14.2. The van der Waals surface area contributed by atoms with Gasteiger partial charge in [-0.1, -0.05) is 17.4 Å². The third-order valence-electron chi connectivity index (χ3n) is 6.76. The number of thiazole rings is 1. The molecule has 1 atom stereocenters. The van der Waals surface area contributed by atoms with E-state index < -0.39 is 44.7 Å². The Kier molecular flexibility index (Phi) is 7.56. The van der Waals surface area contributed by atoms with Crippen LogP contribution in [0.15, 0.2) is 47.5 Å². The molecule has 40 heavy (non-hydrogen) atoms. The predicted octanol–water partition coefficient (Wildman–Crippen LogP) is 4.12. The number of hydrogen-bond acceptors (Lipinski definition) is 8. The van der Waals surface area contributed by atoms with Crippen molar-refractivity contribution in [1.82, 2.24) is 19.3 Å². The van der Waals surface area contributed by atoms with E-state index in [2.05, 4.69) is 10.1 Å². The molecule has 1 fully saturated rings. The standard InChI is InChI=1S/C26H26F3N5O4S2/c1-15-22(39-23(32-15)26(12-37-13-26)11-25(2,3)40(30)36)38-21-8-7-16(9-20(21)29)34-24(35)33(14-31-34)10-17-18(27)5-4-6-19(17)28/h4-9,14H,10-13,30H2,1-3H3. The van der Waals surface area contributed by atoms with Gasteiger partial charge in [-0.25, -0.2) is 22.9 Å². The van der Waals surface area contributed by atoms with Gasteiger partial charge in [0.2, 0.25) is 5.06 Å². The van der Waals surface area contributed by atoms with E-state index >= 15 is 4.39 Å². The fourth-order valence-corrected chi connectivity index (χ4v) is 6.03. The molecule has 0 spiro atoms. The van der Waals surface area contributed by atoms with Crippen LogP contribution < -0.4 is 15.6 Å². The molecule has 1 unspecified atom stereocenters. The van der Waals surface area contributed by atoms with Crippen LogP contribution >= 0.6 is 11.3 Å². The molecule has 2 aromatic heterocycles. The second kappa shape index (κ2) is 10.7. The van der Waals surface area contributed by atoms with Gasteiger partial charge in [-0.2, -0.15) is 14.9 Å². The highest BCUT2D eigenvalue weighted by Crippen LogP contribution is 2.46. The molecule has 0 amide bonds. The molecule has 1 aliphatic heterocycles. The van der Waals surface area contributed by atoms with Gasteiger partial charge in [0.05, 0.1) is 36.6 Å². The third kappa shape index (κ3) is 5.29. The van der Waals surface area contributed by atoms with Gasteiger partial charge >= 0.3 is 5.69 Å². The van der Waals surface area contributed by atoms with E-state index in [0.717, 1.165) is 38.8 Å². The molecule has 212 valence electrons. The molecule has 4 aromatic rings. The Balaban J connectivity index is 1.36. The number of nitrogens with zero attached hydrogens (tertiary/aromatic N) is 4. The molecule has 0 saturated carbocycles. The van der Waals surface area contributed by atoms with Crippen molar-refractivity contribution in [3.8, 4) is 16.5 Å². The average molecular weight is 594 g/mol. The summed E-state index contributed by atoms with van der Waals surface area (Å²) in [7, 11) is 0. The third-order valence-corrected chi connectivity index (χ3v) is 9.27. The molecule has 2 N–H and O–H groups in total. The minimum absolute atomic E-state index is 0.0924. The first-order chi connectivity index (χ1) is 18.9. The lowest BCUT2D eigenvalue weighted by Crippen LogP contribution is -2.53. The lowest BCUT2D eigenvalue weighted by atomic mass is 9.78. The number of hydrogen-bond donors (Lipinski definition) is 1. The van der Waals surface area contributed by atoms with E-state index in [0.29, 0.717) is 30.4 Å². The van der Waals surface area contributed by atoms with Crippen LogP contribution in [0.1, 0.15) is 36.5 Å².